The number of rotatable bonds is 4. The predicted molar refractivity (Wildman–Crippen MR) is 78.4 cm³/mol. The molecule has 2 amide bonds. The molecule has 0 unspecified atom stereocenters. The summed E-state index contributed by atoms with van der Waals surface area (Å²) in [6, 6.07) is 7.39. The molecule has 1 aromatic heterocycles. The van der Waals surface area contributed by atoms with Crippen LogP contribution in [0.15, 0.2) is 24.3 Å². The van der Waals surface area contributed by atoms with Crippen molar-refractivity contribution in [3.63, 3.8) is 0 Å². The number of fused-ring (bicyclic) bond motifs is 1. The topological polar surface area (TPSA) is 88.9 Å². The number of nitrogens with zero attached hydrogens (tertiary/aromatic N) is 3. The Morgan fingerprint density at radius 1 is 1.19 bits per heavy atom. The second kappa shape index (κ2) is 5.90. The van der Waals surface area contributed by atoms with Crippen molar-refractivity contribution >= 4 is 22.8 Å². The maximum atomic E-state index is 11.8. The van der Waals surface area contributed by atoms with Gasteiger partial charge in [-0.25, -0.2) is 4.68 Å². The Bertz CT molecular complexity index is 657. The van der Waals surface area contributed by atoms with Crippen LogP contribution in [-0.2, 0) is 16.1 Å². The van der Waals surface area contributed by atoms with Crippen LogP contribution in [0.1, 0.15) is 20.8 Å². The molecule has 0 aliphatic heterocycles. The number of aromatic nitrogens is 3. The lowest BCUT2D eigenvalue weighted by molar-refractivity contribution is -0.127. The monoisotopic (exact) mass is 289 g/mol. The molecule has 0 saturated heterocycles. The third kappa shape index (κ3) is 4.27. The molecule has 7 heteroatoms. The van der Waals surface area contributed by atoms with E-state index in [9.17, 15) is 9.59 Å². The second-order valence-electron chi connectivity index (χ2n) is 5.81. The minimum atomic E-state index is -0.316. The molecule has 1 heterocycles. The molecular formula is C14H19N5O2. The molecule has 0 spiro atoms. The number of benzene rings is 1. The first-order valence-corrected chi connectivity index (χ1v) is 6.71. The molecule has 21 heavy (non-hydrogen) atoms. The van der Waals surface area contributed by atoms with Gasteiger partial charge in [0.15, 0.2) is 0 Å². The first kappa shape index (κ1) is 15.0. The van der Waals surface area contributed by atoms with Gasteiger partial charge in [0, 0.05) is 5.54 Å². The van der Waals surface area contributed by atoms with Crippen molar-refractivity contribution in [3.05, 3.63) is 24.3 Å². The standard InChI is InChI=1S/C14H19N5O2/c1-14(2,3)16-12(20)8-15-13(21)9-19-11-7-5-4-6-10(11)17-18-19/h4-7H,8-9H2,1-3H3,(H,15,21)(H,16,20). The summed E-state index contributed by atoms with van der Waals surface area (Å²) in [5.74, 6) is -0.506. The molecule has 0 atom stereocenters. The average Bonchev–Trinajstić information content (AvgIpc) is 2.78. The largest absolute Gasteiger partial charge is 0.350 e. The van der Waals surface area contributed by atoms with Crippen LogP contribution in [0.5, 0.6) is 0 Å². The van der Waals surface area contributed by atoms with E-state index >= 15 is 0 Å². The highest BCUT2D eigenvalue weighted by Gasteiger charge is 2.14. The normalized spacial score (nSPS) is 11.4. The molecule has 0 aliphatic carbocycles. The van der Waals surface area contributed by atoms with Crippen molar-refractivity contribution in [2.75, 3.05) is 6.54 Å². The van der Waals surface area contributed by atoms with E-state index in [2.05, 4.69) is 20.9 Å². The molecule has 0 saturated carbocycles. The first-order valence-electron chi connectivity index (χ1n) is 6.71. The molecule has 2 N–H and O–H groups in total. The number of amides is 2. The van der Waals surface area contributed by atoms with E-state index < -0.39 is 0 Å². The summed E-state index contributed by atoms with van der Waals surface area (Å²) in [6.45, 7) is 5.63. The van der Waals surface area contributed by atoms with E-state index in [1.807, 2.05) is 45.0 Å². The van der Waals surface area contributed by atoms with Crippen molar-refractivity contribution in [2.45, 2.75) is 32.9 Å². The van der Waals surface area contributed by atoms with E-state index in [1.165, 1.54) is 4.68 Å². The average molecular weight is 289 g/mol. The van der Waals surface area contributed by atoms with Crippen LogP contribution in [0.4, 0.5) is 0 Å². The zero-order valence-electron chi connectivity index (χ0n) is 12.4. The fourth-order valence-electron chi connectivity index (χ4n) is 1.87. The molecule has 0 radical (unpaired) electrons. The first-order chi connectivity index (χ1) is 9.85. The molecule has 0 aliphatic rings. The number of para-hydroxylation sites is 1. The maximum absolute atomic E-state index is 11.8. The molecule has 0 fully saturated rings. The number of hydrogen-bond acceptors (Lipinski definition) is 4. The fraction of sp³-hybridized carbons (Fsp3) is 0.429. The van der Waals surface area contributed by atoms with Gasteiger partial charge in [0.2, 0.25) is 11.8 Å². The van der Waals surface area contributed by atoms with Crippen LogP contribution >= 0.6 is 0 Å². The molecule has 2 rings (SSSR count). The molecule has 0 bridgehead atoms. The highest BCUT2D eigenvalue weighted by molar-refractivity contribution is 5.85. The fourth-order valence-corrected chi connectivity index (χ4v) is 1.87. The lowest BCUT2D eigenvalue weighted by Gasteiger charge is -2.20. The van der Waals surface area contributed by atoms with Gasteiger partial charge < -0.3 is 10.6 Å². The third-order valence-corrected chi connectivity index (χ3v) is 2.67. The minimum Gasteiger partial charge on any atom is -0.350 e. The van der Waals surface area contributed by atoms with Crippen LogP contribution in [0, 0.1) is 0 Å². The van der Waals surface area contributed by atoms with Gasteiger partial charge in [-0.2, -0.15) is 0 Å². The van der Waals surface area contributed by atoms with Crippen molar-refractivity contribution in [1.82, 2.24) is 25.6 Å². The maximum Gasteiger partial charge on any atom is 0.242 e. The van der Waals surface area contributed by atoms with Gasteiger partial charge in [0.25, 0.3) is 0 Å². The van der Waals surface area contributed by atoms with E-state index in [-0.39, 0.29) is 30.4 Å². The van der Waals surface area contributed by atoms with Crippen molar-refractivity contribution in [3.8, 4) is 0 Å². The van der Waals surface area contributed by atoms with Gasteiger partial charge in [-0.3, -0.25) is 9.59 Å². The Kier molecular flexibility index (Phi) is 4.21. The van der Waals surface area contributed by atoms with Gasteiger partial charge in [-0.05, 0) is 32.9 Å². The van der Waals surface area contributed by atoms with E-state index in [0.717, 1.165) is 11.0 Å². The number of carbonyl (C=O) groups excluding carboxylic acids is 2. The zero-order valence-corrected chi connectivity index (χ0v) is 12.4. The molecule has 7 nitrogen and oxygen atoms in total. The van der Waals surface area contributed by atoms with Crippen molar-refractivity contribution < 1.29 is 9.59 Å². The predicted octanol–water partition coefficient (Wildman–Crippen LogP) is 0.462. The number of hydrogen-bond donors (Lipinski definition) is 2. The van der Waals surface area contributed by atoms with Gasteiger partial charge in [-0.1, -0.05) is 17.3 Å². The summed E-state index contributed by atoms with van der Waals surface area (Å²) < 4.78 is 1.51. The van der Waals surface area contributed by atoms with Crippen LogP contribution in [0.3, 0.4) is 0 Å². The lowest BCUT2D eigenvalue weighted by Crippen LogP contribution is -2.46. The van der Waals surface area contributed by atoms with Gasteiger partial charge >= 0.3 is 0 Å². The second-order valence-corrected chi connectivity index (χ2v) is 5.81. The molecular weight excluding hydrogens is 270 g/mol. The Morgan fingerprint density at radius 2 is 1.90 bits per heavy atom. The lowest BCUT2D eigenvalue weighted by atomic mass is 10.1. The summed E-state index contributed by atoms with van der Waals surface area (Å²) in [5.41, 5.74) is 1.20. The molecule has 1 aromatic carbocycles. The van der Waals surface area contributed by atoms with Gasteiger partial charge in [0.05, 0.1) is 12.1 Å². The van der Waals surface area contributed by atoms with E-state index in [4.69, 9.17) is 0 Å². The zero-order chi connectivity index (χ0) is 15.5. The van der Waals surface area contributed by atoms with Gasteiger partial charge in [-0.15, -0.1) is 5.10 Å². The van der Waals surface area contributed by atoms with E-state index in [0.29, 0.717) is 0 Å². The quantitative estimate of drug-likeness (QED) is 0.856. The number of carbonyl (C=O) groups is 2. The van der Waals surface area contributed by atoms with Crippen LogP contribution in [0.2, 0.25) is 0 Å². The minimum absolute atomic E-state index is 0.0311. The van der Waals surface area contributed by atoms with E-state index in [1.54, 1.807) is 0 Å². The smallest absolute Gasteiger partial charge is 0.242 e. The highest BCUT2D eigenvalue weighted by Crippen LogP contribution is 2.09. The summed E-state index contributed by atoms with van der Waals surface area (Å²) in [5, 5.41) is 13.2. The Hall–Kier alpha value is -2.44. The van der Waals surface area contributed by atoms with Crippen LogP contribution in [0.25, 0.3) is 11.0 Å². The summed E-state index contributed by atoms with van der Waals surface area (Å²) in [4.78, 5) is 23.5. The van der Waals surface area contributed by atoms with Crippen LogP contribution < -0.4 is 10.6 Å². The molecule has 2 aromatic rings. The van der Waals surface area contributed by atoms with Crippen molar-refractivity contribution in [1.29, 1.82) is 0 Å². The van der Waals surface area contributed by atoms with Crippen LogP contribution in [-0.4, -0.2) is 38.9 Å². The summed E-state index contributed by atoms with van der Waals surface area (Å²) in [6.07, 6.45) is 0. The highest BCUT2D eigenvalue weighted by atomic mass is 16.2. The summed E-state index contributed by atoms with van der Waals surface area (Å²) in [7, 11) is 0. The Labute approximate surface area is 122 Å². The molecule has 112 valence electrons. The van der Waals surface area contributed by atoms with Gasteiger partial charge in [0.1, 0.15) is 12.1 Å². The third-order valence-electron chi connectivity index (χ3n) is 2.67. The number of nitrogens with one attached hydrogen (secondary N) is 2. The Morgan fingerprint density at radius 3 is 2.62 bits per heavy atom. The SMILES string of the molecule is CC(C)(C)NC(=O)CNC(=O)Cn1nnc2ccccc21. The summed E-state index contributed by atoms with van der Waals surface area (Å²) >= 11 is 0. The van der Waals surface area contributed by atoms with Crippen molar-refractivity contribution in [2.24, 2.45) is 0 Å². The Balaban J connectivity index is 1.89.